The van der Waals surface area contributed by atoms with E-state index >= 15 is 0 Å². The smallest absolute Gasteiger partial charge is 0.231 e. The first-order valence-corrected chi connectivity index (χ1v) is 7.14. The fraction of sp³-hybridized carbons (Fsp3) is 0.455. The van der Waals surface area contributed by atoms with E-state index in [0.717, 1.165) is 5.56 Å². The van der Waals surface area contributed by atoms with Gasteiger partial charge in [-0.2, -0.15) is 0 Å². The van der Waals surface area contributed by atoms with Gasteiger partial charge >= 0.3 is 0 Å². The lowest BCUT2D eigenvalue weighted by Gasteiger charge is -2.11. The summed E-state index contributed by atoms with van der Waals surface area (Å²) in [6, 6.07) is 5.32. The monoisotopic (exact) mass is 272 g/mol. The zero-order valence-electron chi connectivity index (χ0n) is 10.0. The highest BCUT2D eigenvalue weighted by Crippen LogP contribution is 2.32. The SMILES string of the molecule is CC(CN)S(=O)(=O)NCc1ccc2c(c1)OCO2. The molecule has 3 N–H and O–H groups in total. The lowest BCUT2D eigenvalue weighted by Crippen LogP contribution is -2.36. The molecule has 100 valence electrons. The molecule has 1 heterocycles. The Morgan fingerprint density at radius 2 is 2.11 bits per heavy atom. The van der Waals surface area contributed by atoms with Crippen molar-refractivity contribution < 1.29 is 17.9 Å². The molecule has 0 saturated heterocycles. The van der Waals surface area contributed by atoms with Gasteiger partial charge in [0, 0.05) is 13.1 Å². The van der Waals surface area contributed by atoms with E-state index in [-0.39, 0.29) is 19.9 Å². The molecule has 0 radical (unpaired) electrons. The first-order chi connectivity index (χ1) is 8.53. The number of nitrogens with one attached hydrogen (secondary N) is 1. The number of sulfonamides is 1. The molecule has 1 aromatic carbocycles. The summed E-state index contributed by atoms with van der Waals surface area (Å²) >= 11 is 0. The quantitative estimate of drug-likeness (QED) is 0.798. The zero-order chi connectivity index (χ0) is 13.2. The van der Waals surface area contributed by atoms with Gasteiger partial charge in [-0.05, 0) is 24.6 Å². The van der Waals surface area contributed by atoms with Crippen molar-refractivity contribution in [2.24, 2.45) is 5.73 Å². The van der Waals surface area contributed by atoms with Crippen LogP contribution in [0.5, 0.6) is 11.5 Å². The number of benzene rings is 1. The third-order valence-electron chi connectivity index (χ3n) is 2.78. The van der Waals surface area contributed by atoms with Crippen LogP contribution in [0.1, 0.15) is 12.5 Å². The van der Waals surface area contributed by atoms with Crippen LogP contribution in [0.25, 0.3) is 0 Å². The van der Waals surface area contributed by atoms with Gasteiger partial charge < -0.3 is 15.2 Å². The maximum absolute atomic E-state index is 11.7. The molecule has 0 bridgehead atoms. The third kappa shape index (κ3) is 2.74. The van der Waals surface area contributed by atoms with Crippen LogP contribution in [0.3, 0.4) is 0 Å². The molecule has 1 aromatic rings. The maximum atomic E-state index is 11.7. The van der Waals surface area contributed by atoms with Crippen LogP contribution in [-0.4, -0.2) is 27.0 Å². The molecule has 2 rings (SSSR count). The van der Waals surface area contributed by atoms with Gasteiger partial charge in [0.2, 0.25) is 16.8 Å². The van der Waals surface area contributed by atoms with Gasteiger partial charge in [0.15, 0.2) is 11.5 Å². The highest BCUT2D eigenvalue weighted by atomic mass is 32.2. The summed E-state index contributed by atoms with van der Waals surface area (Å²) in [7, 11) is -3.37. The minimum atomic E-state index is -3.37. The van der Waals surface area contributed by atoms with Crippen LogP contribution in [0, 0.1) is 0 Å². The summed E-state index contributed by atoms with van der Waals surface area (Å²) in [5.74, 6) is 1.32. The summed E-state index contributed by atoms with van der Waals surface area (Å²) in [5.41, 5.74) is 6.16. The molecule has 0 spiro atoms. The number of nitrogens with two attached hydrogens (primary N) is 1. The second-order valence-corrected chi connectivity index (χ2v) is 6.28. The van der Waals surface area contributed by atoms with Crippen molar-refractivity contribution >= 4 is 10.0 Å². The Bertz CT molecular complexity index is 530. The minimum absolute atomic E-state index is 0.0937. The van der Waals surface area contributed by atoms with Crippen LogP contribution in [0.15, 0.2) is 18.2 Å². The molecule has 7 heteroatoms. The molecule has 0 fully saturated rings. The predicted octanol–water partition coefficient (Wildman–Crippen LogP) is 0.182. The molecule has 1 aliphatic heterocycles. The molecule has 1 unspecified atom stereocenters. The Hall–Kier alpha value is -1.31. The third-order valence-corrected chi connectivity index (χ3v) is 4.57. The Morgan fingerprint density at radius 3 is 2.83 bits per heavy atom. The van der Waals surface area contributed by atoms with Crippen molar-refractivity contribution in [3.63, 3.8) is 0 Å². The van der Waals surface area contributed by atoms with Gasteiger partial charge in [-0.25, -0.2) is 13.1 Å². The maximum Gasteiger partial charge on any atom is 0.231 e. The summed E-state index contributed by atoms with van der Waals surface area (Å²) in [6.45, 7) is 2.08. The van der Waals surface area contributed by atoms with Gasteiger partial charge in [0.05, 0.1) is 5.25 Å². The molecule has 0 aromatic heterocycles. The first kappa shape index (κ1) is 13.1. The van der Waals surface area contributed by atoms with Gasteiger partial charge in [0.1, 0.15) is 0 Å². The average Bonchev–Trinajstić information content (AvgIpc) is 2.82. The highest BCUT2D eigenvalue weighted by molar-refractivity contribution is 7.90. The average molecular weight is 272 g/mol. The van der Waals surface area contributed by atoms with Crippen molar-refractivity contribution in [1.82, 2.24) is 4.72 Å². The van der Waals surface area contributed by atoms with Gasteiger partial charge in [-0.15, -0.1) is 0 Å². The number of fused-ring (bicyclic) bond motifs is 1. The lowest BCUT2D eigenvalue weighted by molar-refractivity contribution is 0.174. The van der Waals surface area contributed by atoms with Crippen molar-refractivity contribution in [3.05, 3.63) is 23.8 Å². The van der Waals surface area contributed by atoms with E-state index in [1.807, 2.05) is 0 Å². The van der Waals surface area contributed by atoms with E-state index in [0.29, 0.717) is 11.5 Å². The minimum Gasteiger partial charge on any atom is -0.454 e. The van der Waals surface area contributed by atoms with Gasteiger partial charge in [-0.1, -0.05) is 6.07 Å². The Kier molecular flexibility index (Phi) is 3.74. The van der Waals surface area contributed by atoms with Crippen molar-refractivity contribution in [2.45, 2.75) is 18.7 Å². The van der Waals surface area contributed by atoms with E-state index in [2.05, 4.69) is 4.72 Å². The van der Waals surface area contributed by atoms with Gasteiger partial charge in [-0.3, -0.25) is 0 Å². The Morgan fingerprint density at radius 1 is 1.39 bits per heavy atom. The Balaban J connectivity index is 2.03. The number of rotatable bonds is 5. The molecular weight excluding hydrogens is 256 g/mol. The molecule has 0 aliphatic carbocycles. The van der Waals surface area contributed by atoms with Crippen molar-refractivity contribution in [2.75, 3.05) is 13.3 Å². The van der Waals surface area contributed by atoms with Crippen LogP contribution in [0.2, 0.25) is 0 Å². The zero-order valence-corrected chi connectivity index (χ0v) is 10.9. The van der Waals surface area contributed by atoms with Crippen molar-refractivity contribution in [1.29, 1.82) is 0 Å². The fourth-order valence-corrected chi connectivity index (χ4v) is 2.41. The molecule has 1 aliphatic rings. The normalized spacial score (nSPS) is 15.7. The van der Waals surface area contributed by atoms with Crippen LogP contribution in [-0.2, 0) is 16.6 Å². The van der Waals surface area contributed by atoms with Gasteiger partial charge in [0.25, 0.3) is 0 Å². The largest absolute Gasteiger partial charge is 0.454 e. The van der Waals surface area contributed by atoms with E-state index in [1.165, 1.54) is 0 Å². The number of hydrogen-bond donors (Lipinski definition) is 2. The van der Waals surface area contributed by atoms with E-state index in [4.69, 9.17) is 15.2 Å². The summed E-state index contributed by atoms with van der Waals surface area (Å²) in [6.07, 6.45) is 0. The summed E-state index contributed by atoms with van der Waals surface area (Å²) in [4.78, 5) is 0. The Labute approximate surface area is 106 Å². The van der Waals surface area contributed by atoms with E-state index in [9.17, 15) is 8.42 Å². The molecule has 18 heavy (non-hydrogen) atoms. The highest BCUT2D eigenvalue weighted by Gasteiger charge is 2.19. The molecule has 6 nitrogen and oxygen atoms in total. The number of hydrogen-bond acceptors (Lipinski definition) is 5. The van der Waals surface area contributed by atoms with Crippen molar-refractivity contribution in [3.8, 4) is 11.5 Å². The first-order valence-electron chi connectivity index (χ1n) is 5.60. The molecule has 0 amide bonds. The lowest BCUT2D eigenvalue weighted by atomic mass is 10.2. The number of ether oxygens (including phenoxy) is 2. The van der Waals surface area contributed by atoms with E-state index < -0.39 is 15.3 Å². The van der Waals surface area contributed by atoms with E-state index in [1.54, 1.807) is 25.1 Å². The molecule has 1 atom stereocenters. The standard InChI is InChI=1S/C11H16N2O4S/c1-8(5-12)18(14,15)13-6-9-2-3-10-11(4-9)17-7-16-10/h2-4,8,13H,5-7,12H2,1H3. The second-order valence-electron chi connectivity index (χ2n) is 4.10. The summed E-state index contributed by atoms with van der Waals surface area (Å²) < 4.78 is 36.4. The molecule has 0 saturated carbocycles. The molecular formula is C11H16N2O4S. The topological polar surface area (TPSA) is 90.7 Å². The summed E-state index contributed by atoms with van der Waals surface area (Å²) in [5, 5.41) is -0.605. The van der Waals surface area contributed by atoms with Crippen LogP contribution < -0.4 is 19.9 Å². The van der Waals surface area contributed by atoms with Crippen LogP contribution >= 0.6 is 0 Å². The second kappa shape index (κ2) is 5.13. The fourth-order valence-electron chi connectivity index (χ4n) is 1.50. The van der Waals surface area contributed by atoms with Crippen LogP contribution in [0.4, 0.5) is 0 Å². The predicted molar refractivity (Wildman–Crippen MR) is 66.8 cm³/mol.